The predicted octanol–water partition coefficient (Wildman–Crippen LogP) is 1.74. The molecule has 1 aliphatic rings. The molecular formula is C15H23N3O3S2. The van der Waals surface area contributed by atoms with Crippen molar-refractivity contribution in [3.63, 3.8) is 0 Å². The van der Waals surface area contributed by atoms with Crippen molar-refractivity contribution in [1.29, 1.82) is 0 Å². The van der Waals surface area contributed by atoms with E-state index >= 15 is 0 Å². The largest absolute Gasteiger partial charge is 0.372 e. The van der Waals surface area contributed by atoms with Crippen molar-refractivity contribution in [1.82, 2.24) is 9.21 Å². The van der Waals surface area contributed by atoms with Gasteiger partial charge >= 0.3 is 0 Å². The van der Waals surface area contributed by atoms with Gasteiger partial charge in [-0.3, -0.25) is 0 Å². The van der Waals surface area contributed by atoms with Crippen LogP contribution in [0.4, 0.5) is 5.69 Å². The second kappa shape index (κ2) is 7.12. The van der Waals surface area contributed by atoms with Crippen molar-refractivity contribution >= 4 is 33.0 Å². The Morgan fingerprint density at radius 2 is 1.91 bits per heavy atom. The quantitative estimate of drug-likeness (QED) is 0.832. The lowest BCUT2D eigenvalue weighted by molar-refractivity contribution is -0.0473. The van der Waals surface area contributed by atoms with Crippen LogP contribution in [0.25, 0.3) is 0 Å². The van der Waals surface area contributed by atoms with Gasteiger partial charge in [-0.2, -0.15) is 0 Å². The number of hydrogen-bond acceptors (Lipinski definition) is 4. The molecule has 0 saturated carbocycles. The number of nitrogens with one attached hydrogen (secondary N) is 1. The van der Waals surface area contributed by atoms with Crippen molar-refractivity contribution in [2.45, 2.75) is 31.0 Å². The normalized spacial score (nSPS) is 22.2. The third-order valence-electron chi connectivity index (χ3n) is 3.57. The van der Waals surface area contributed by atoms with E-state index in [1.165, 1.54) is 18.4 Å². The van der Waals surface area contributed by atoms with Crippen LogP contribution in [0.5, 0.6) is 0 Å². The van der Waals surface area contributed by atoms with E-state index in [4.69, 9.17) is 17.0 Å². The Morgan fingerprint density at radius 1 is 1.30 bits per heavy atom. The third-order valence-corrected chi connectivity index (χ3v) is 5.74. The highest BCUT2D eigenvalue weighted by Gasteiger charge is 2.24. The highest BCUT2D eigenvalue weighted by Crippen LogP contribution is 2.19. The summed E-state index contributed by atoms with van der Waals surface area (Å²) in [6.45, 7) is 5.45. The summed E-state index contributed by atoms with van der Waals surface area (Å²) < 4.78 is 31.3. The zero-order chi connectivity index (χ0) is 17.2. The van der Waals surface area contributed by atoms with Gasteiger partial charge in [0, 0.05) is 32.9 Å². The van der Waals surface area contributed by atoms with E-state index in [1.54, 1.807) is 24.3 Å². The van der Waals surface area contributed by atoms with Gasteiger partial charge in [0.1, 0.15) is 0 Å². The smallest absolute Gasteiger partial charge is 0.242 e. The molecule has 0 radical (unpaired) electrons. The molecule has 6 nitrogen and oxygen atoms in total. The summed E-state index contributed by atoms with van der Waals surface area (Å²) in [5, 5.41) is 3.70. The molecule has 128 valence electrons. The topological polar surface area (TPSA) is 61.9 Å². The van der Waals surface area contributed by atoms with Gasteiger partial charge in [0.2, 0.25) is 10.0 Å². The summed E-state index contributed by atoms with van der Waals surface area (Å²) in [6.07, 6.45) is 0.220. The van der Waals surface area contributed by atoms with E-state index in [0.717, 1.165) is 0 Å². The number of thiocarbonyl (C=S) groups is 1. The van der Waals surface area contributed by atoms with E-state index in [1.807, 2.05) is 18.7 Å². The Labute approximate surface area is 143 Å². The zero-order valence-electron chi connectivity index (χ0n) is 13.8. The molecule has 8 heteroatoms. The first-order chi connectivity index (χ1) is 10.7. The predicted molar refractivity (Wildman–Crippen MR) is 95.1 cm³/mol. The van der Waals surface area contributed by atoms with Crippen LogP contribution in [0.3, 0.4) is 0 Å². The molecule has 0 unspecified atom stereocenters. The molecule has 1 N–H and O–H groups in total. The van der Waals surface area contributed by atoms with Gasteiger partial charge < -0.3 is 15.0 Å². The molecule has 0 aliphatic carbocycles. The SMILES string of the molecule is C[C@@H]1CN(C(=S)Nc2cccc(S(=O)(=O)N(C)C)c2)C[C@@H](C)O1. The minimum atomic E-state index is -3.46. The first kappa shape index (κ1) is 18.1. The number of nitrogens with zero attached hydrogens (tertiary/aromatic N) is 2. The maximum atomic E-state index is 12.2. The molecule has 1 aliphatic heterocycles. The number of anilines is 1. The van der Waals surface area contributed by atoms with Crippen molar-refractivity contribution in [3.8, 4) is 0 Å². The standard InChI is InChI=1S/C15H23N3O3S2/c1-11-9-18(10-12(2)21-11)15(22)16-13-6-5-7-14(8-13)23(19,20)17(3)4/h5-8,11-12H,9-10H2,1-4H3,(H,16,22)/t11-,12-/m1/s1. The van der Waals surface area contributed by atoms with Gasteiger partial charge in [0.05, 0.1) is 17.1 Å². The molecule has 1 aromatic rings. The molecule has 0 amide bonds. The molecule has 0 bridgehead atoms. The molecule has 0 spiro atoms. The molecular weight excluding hydrogens is 334 g/mol. The molecule has 1 saturated heterocycles. The van der Waals surface area contributed by atoms with E-state index < -0.39 is 10.0 Å². The van der Waals surface area contributed by atoms with Gasteiger partial charge in [-0.05, 0) is 44.3 Å². The van der Waals surface area contributed by atoms with Crippen LogP contribution in [-0.2, 0) is 14.8 Å². The average molecular weight is 358 g/mol. The number of ether oxygens (including phenoxy) is 1. The van der Waals surface area contributed by atoms with Gasteiger partial charge in [-0.25, -0.2) is 12.7 Å². The first-order valence-corrected chi connectivity index (χ1v) is 9.29. The zero-order valence-corrected chi connectivity index (χ0v) is 15.4. The highest BCUT2D eigenvalue weighted by atomic mass is 32.2. The second-order valence-corrected chi connectivity index (χ2v) is 8.45. The number of sulfonamides is 1. The second-order valence-electron chi connectivity index (χ2n) is 5.91. The van der Waals surface area contributed by atoms with Crippen molar-refractivity contribution in [2.24, 2.45) is 0 Å². The number of rotatable bonds is 3. The van der Waals surface area contributed by atoms with Crippen LogP contribution in [-0.4, -0.2) is 62.1 Å². The minimum absolute atomic E-state index is 0.110. The fourth-order valence-electron chi connectivity index (χ4n) is 2.49. The summed E-state index contributed by atoms with van der Waals surface area (Å²) in [6, 6.07) is 6.66. The Kier molecular flexibility index (Phi) is 5.61. The Morgan fingerprint density at radius 3 is 2.48 bits per heavy atom. The van der Waals surface area contributed by atoms with E-state index in [9.17, 15) is 8.42 Å². The lowest BCUT2D eigenvalue weighted by Gasteiger charge is -2.36. The molecule has 2 rings (SSSR count). The lowest BCUT2D eigenvalue weighted by Crippen LogP contribution is -2.49. The van der Waals surface area contributed by atoms with Crippen molar-refractivity contribution in [3.05, 3.63) is 24.3 Å². The van der Waals surface area contributed by atoms with Gasteiger partial charge in [-0.1, -0.05) is 6.07 Å². The fraction of sp³-hybridized carbons (Fsp3) is 0.533. The van der Waals surface area contributed by atoms with Crippen LogP contribution >= 0.6 is 12.2 Å². The summed E-state index contributed by atoms with van der Waals surface area (Å²) in [5.74, 6) is 0. The summed E-state index contributed by atoms with van der Waals surface area (Å²) in [7, 11) is -0.440. The monoisotopic (exact) mass is 357 g/mol. The molecule has 0 aromatic heterocycles. The maximum Gasteiger partial charge on any atom is 0.242 e. The molecule has 2 atom stereocenters. The third kappa shape index (κ3) is 4.41. The molecule has 1 heterocycles. The number of hydrogen-bond donors (Lipinski definition) is 1. The fourth-order valence-corrected chi connectivity index (χ4v) is 3.71. The number of morpholine rings is 1. The van der Waals surface area contributed by atoms with Crippen molar-refractivity contribution < 1.29 is 13.2 Å². The highest BCUT2D eigenvalue weighted by molar-refractivity contribution is 7.89. The Bertz CT molecular complexity index is 666. The molecule has 1 fully saturated rings. The Balaban J connectivity index is 2.13. The van der Waals surface area contributed by atoms with Crippen LogP contribution in [0.1, 0.15) is 13.8 Å². The van der Waals surface area contributed by atoms with Gasteiger partial charge in [0.25, 0.3) is 0 Å². The lowest BCUT2D eigenvalue weighted by atomic mass is 10.2. The molecule has 23 heavy (non-hydrogen) atoms. The summed E-state index contributed by atoms with van der Waals surface area (Å²) in [5.41, 5.74) is 0.657. The Hall–Kier alpha value is -1.22. The average Bonchev–Trinajstić information content (AvgIpc) is 2.46. The number of benzene rings is 1. The van der Waals surface area contributed by atoms with Crippen molar-refractivity contribution in [2.75, 3.05) is 32.5 Å². The summed E-state index contributed by atoms with van der Waals surface area (Å²) >= 11 is 5.45. The maximum absolute atomic E-state index is 12.2. The van der Waals surface area contributed by atoms with E-state index in [0.29, 0.717) is 23.9 Å². The van der Waals surface area contributed by atoms with E-state index in [2.05, 4.69) is 5.32 Å². The van der Waals surface area contributed by atoms with Crippen LogP contribution < -0.4 is 5.32 Å². The van der Waals surface area contributed by atoms with Gasteiger partial charge in [-0.15, -0.1) is 0 Å². The van der Waals surface area contributed by atoms with E-state index in [-0.39, 0.29) is 17.1 Å². The van der Waals surface area contributed by atoms with Gasteiger partial charge in [0.15, 0.2) is 5.11 Å². The summed E-state index contributed by atoms with van der Waals surface area (Å²) in [4.78, 5) is 2.28. The van der Waals surface area contributed by atoms with Crippen LogP contribution in [0.2, 0.25) is 0 Å². The first-order valence-electron chi connectivity index (χ1n) is 7.44. The minimum Gasteiger partial charge on any atom is -0.372 e. The van der Waals surface area contributed by atoms with Crippen LogP contribution in [0.15, 0.2) is 29.2 Å². The van der Waals surface area contributed by atoms with Crippen LogP contribution in [0, 0.1) is 0 Å². The molecule has 1 aromatic carbocycles.